The maximum atomic E-state index is 5.88. The van der Waals surface area contributed by atoms with Crippen molar-refractivity contribution >= 4 is 5.84 Å². The van der Waals surface area contributed by atoms with Crippen molar-refractivity contribution in [1.82, 2.24) is 4.90 Å². The lowest BCUT2D eigenvalue weighted by atomic mass is 9.95. The summed E-state index contributed by atoms with van der Waals surface area (Å²) in [4.78, 5) is 6.77. The van der Waals surface area contributed by atoms with Crippen LogP contribution in [-0.4, -0.2) is 36.9 Å². The zero-order valence-electron chi connectivity index (χ0n) is 11.9. The third-order valence-corrected chi connectivity index (χ3v) is 2.85. The van der Waals surface area contributed by atoms with Crippen LogP contribution in [0.3, 0.4) is 0 Å². The number of hydrogen-bond acceptors (Lipinski definition) is 2. The highest BCUT2D eigenvalue weighted by atomic mass is 15.1. The van der Waals surface area contributed by atoms with Crippen LogP contribution in [0.5, 0.6) is 0 Å². The van der Waals surface area contributed by atoms with E-state index in [4.69, 9.17) is 5.73 Å². The fourth-order valence-corrected chi connectivity index (χ4v) is 1.17. The normalized spacial score (nSPS) is 13.9. The molecule has 0 aliphatic heterocycles. The lowest BCUT2D eigenvalue weighted by Gasteiger charge is -2.20. The minimum Gasteiger partial charge on any atom is -0.387 e. The average Bonchev–Trinajstić information content (AvgIpc) is 2.14. The van der Waals surface area contributed by atoms with Gasteiger partial charge in [-0.25, -0.2) is 0 Å². The lowest BCUT2D eigenvalue weighted by molar-refractivity contribution is 0.269. The van der Waals surface area contributed by atoms with E-state index >= 15 is 0 Å². The molecule has 0 aromatic carbocycles. The van der Waals surface area contributed by atoms with E-state index in [-0.39, 0.29) is 5.41 Å². The van der Waals surface area contributed by atoms with E-state index in [2.05, 4.69) is 51.6 Å². The van der Waals surface area contributed by atoms with E-state index in [0.29, 0.717) is 6.04 Å². The Morgan fingerprint density at radius 1 is 1.25 bits per heavy atom. The van der Waals surface area contributed by atoms with E-state index in [1.54, 1.807) is 0 Å². The highest BCUT2D eigenvalue weighted by Crippen LogP contribution is 2.12. The Morgan fingerprint density at radius 2 is 1.81 bits per heavy atom. The first kappa shape index (κ1) is 15.4. The molecule has 0 amide bonds. The molecule has 0 saturated heterocycles. The second kappa shape index (κ2) is 6.89. The zero-order chi connectivity index (χ0) is 12.8. The maximum Gasteiger partial charge on any atom is 0.0991 e. The summed E-state index contributed by atoms with van der Waals surface area (Å²) in [6.07, 6.45) is 2.31. The minimum absolute atomic E-state index is 0.00866. The minimum atomic E-state index is 0.00866. The molecule has 2 N–H and O–H groups in total. The molecule has 0 fully saturated rings. The topological polar surface area (TPSA) is 41.6 Å². The fraction of sp³-hybridized carbons (Fsp3) is 0.923. The van der Waals surface area contributed by atoms with Crippen LogP contribution >= 0.6 is 0 Å². The standard InChI is InChI=1S/C13H29N3/c1-11(2)16(6)10-8-7-9-15-12(14)13(3,4)5/h11H,7-10H2,1-6H3,(H2,14,15). The summed E-state index contributed by atoms with van der Waals surface area (Å²) in [5.41, 5.74) is 5.89. The summed E-state index contributed by atoms with van der Waals surface area (Å²) in [5.74, 6) is 0.768. The first-order chi connectivity index (χ1) is 7.25. The molecule has 0 radical (unpaired) electrons. The highest BCUT2D eigenvalue weighted by Gasteiger charge is 2.14. The molecular formula is C13H29N3. The van der Waals surface area contributed by atoms with Crippen LogP contribution in [0.2, 0.25) is 0 Å². The third kappa shape index (κ3) is 6.83. The van der Waals surface area contributed by atoms with Crippen LogP contribution in [0.1, 0.15) is 47.5 Å². The quantitative estimate of drug-likeness (QED) is 0.430. The largest absolute Gasteiger partial charge is 0.387 e. The Morgan fingerprint density at radius 3 is 2.25 bits per heavy atom. The highest BCUT2D eigenvalue weighted by molar-refractivity contribution is 5.85. The van der Waals surface area contributed by atoms with Gasteiger partial charge in [0.2, 0.25) is 0 Å². The lowest BCUT2D eigenvalue weighted by Crippen LogP contribution is -2.29. The van der Waals surface area contributed by atoms with Gasteiger partial charge in [0.15, 0.2) is 0 Å². The Bertz CT molecular complexity index is 214. The summed E-state index contributed by atoms with van der Waals surface area (Å²) in [6.45, 7) is 12.7. The van der Waals surface area contributed by atoms with Crippen molar-refractivity contribution in [3.63, 3.8) is 0 Å². The van der Waals surface area contributed by atoms with Crippen molar-refractivity contribution in [3.8, 4) is 0 Å². The smallest absolute Gasteiger partial charge is 0.0991 e. The average molecular weight is 227 g/mol. The van der Waals surface area contributed by atoms with Gasteiger partial charge in [-0.1, -0.05) is 20.8 Å². The Kier molecular flexibility index (Phi) is 6.65. The van der Waals surface area contributed by atoms with Crippen LogP contribution in [0.15, 0.2) is 4.99 Å². The van der Waals surface area contributed by atoms with E-state index in [0.717, 1.165) is 25.3 Å². The first-order valence-electron chi connectivity index (χ1n) is 6.25. The molecular weight excluding hydrogens is 198 g/mol. The predicted molar refractivity (Wildman–Crippen MR) is 72.9 cm³/mol. The molecule has 0 bridgehead atoms. The fourth-order valence-electron chi connectivity index (χ4n) is 1.17. The van der Waals surface area contributed by atoms with Gasteiger partial charge in [0.1, 0.15) is 0 Å². The van der Waals surface area contributed by atoms with Crippen molar-refractivity contribution in [2.45, 2.75) is 53.5 Å². The predicted octanol–water partition coefficient (Wildman–Crippen LogP) is 2.51. The summed E-state index contributed by atoms with van der Waals surface area (Å²) in [6, 6.07) is 0.628. The third-order valence-electron chi connectivity index (χ3n) is 2.85. The number of amidine groups is 1. The van der Waals surface area contributed by atoms with Crippen LogP contribution in [-0.2, 0) is 0 Å². The zero-order valence-corrected chi connectivity index (χ0v) is 11.9. The van der Waals surface area contributed by atoms with Crippen LogP contribution < -0.4 is 5.73 Å². The Labute approximate surface area is 101 Å². The molecule has 16 heavy (non-hydrogen) atoms. The number of nitrogens with two attached hydrogens (primary N) is 1. The summed E-state index contributed by atoms with van der Waals surface area (Å²) in [5, 5.41) is 0. The van der Waals surface area contributed by atoms with Gasteiger partial charge in [-0.15, -0.1) is 0 Å². The molecule has 0 aromatic heterocycles. The molecule has 0 aliphatic carbocycles. The van der Waals surface area contributed by atoms with Crippen molar-refractivity contribution in [2.24, 2.45) is 16.1 Å². The van der Waals surface area contributed by atoms with Crippen LogP contribution in [0.4, 0.5) is 0 Å². The second-order valence-corrected chi connectivity index (χ2v) is 5.80. The second-order valence-electron chi connectivity index (χ2n) is 5.80. The molecule has 0 aromatic rings. The van der Waals surface area contributed by atoms with Crippen LogP contribution in [0, 0.1) is 5.41 Å². The van der Waals surface area contributed by atoms with Crippen molar-refractivity contribution in [3.05, 3.63) is 0 Å². The molecule has 96 valence electrons. The molecule has 0 aliphatic rings. The number of aliphatic imine (C=N–C) groups is 1. The van der Waals surface area contributed by atoms with Gasteiger partial charge in [0.05, 0.1) is 5.84 Å². The maximum absolute atomic E-state index is 5.88. The van der Waals surface area contributed by atoms with E-state index in [9.17, 15) is 0 Å². The number of unbranched alkanes of at least 4 members (excludes halogenated alkanes) is 1. The SMILES string of the molecule is CC(C)N(C)CCCCN=C(N)C(C)(C)C. The molecule has 0 unspecified atom stereocenters. The number of nitrogens with zero attached hydrogens (tertiary/aromatic N) is 2. The molecule has 3 heteroatoms. The van der Waals surface area contributed by atoms with Crippen molar-refractivity contribution in [1.29, 1.82) is 0 Å². The van der Waals surface area contributed by atoms with E-state index in [1.165, 1.54) is 6.42 Å². The molecule has 0 atom stereocenters. The van der Waals surface area contributed by atoms with Gasteiger partial charge in [0.25, 0.3) is 0 Å². The van der Waals surface area contributed by atoms with Gasteiger partial charge >= 0.3 is 0 Å². The van der Waals surface area contributed by atoms with Gasteiger partial charge < -0.3 is 10.6 Å². The molecule has 0 saturated carbocycles. The number of hydrogen-bond donors (Lipinski definition) is 1. The Hall–Kier alpha value is -0.570. The van der Waals surface area contributed by atoms with Crippen molar-refractivity contribution in [2.75, 3.05) is 20.1 Å². The molecule has 0 heterocycles. The van der Waals surface area contributed by atoms with E-state index in [1.807, 2.05) is 0 Å². The molecule has 0 spiro atoms. The first-order valence-corrected chi connectivity index (χ1v) is 6.25. The van der Waals surface area contributed by atoms with Crippen molar-refractivity contribution < 1.29 is 0 Å². The summed E-state index contributed by atoms with van der Waals surface area (Å²) >= 11 is 0. The number of rotatable bonds is 6. The van der Waals surface area contributed by atoms with Gasteiger partial charge in [-0.3, -0.25) is 4.99 Å². The van der Waals surface area contributed by atoms with Gasteiger partial charge in [-0.2, -0.15) is 0 Å². The summed E-state index contributed by atoms with van der Waals surface area (Å²) < 4.78 is 0. The summed E-state index contributed by atoms with van der Waals surface area (Å²) in [7, 11) is 2.16. The molecule has 0 rings (SSSR count). The van der Waals surface area contributed by atoms with Crippen LogP contribution in [0.25, 0.3) is 0 Å². The molecule has 3 nitrogen and oxygen atoms in total. The van der Waals surface area contributed by atoms with Gasteiger partial charge in [-0.05, 0) is 40.3 Å². The van der Waals surface area contributed by atoms with E-state index < -0.39 is 0 Å². The van der Waals surface area contributed by atoms with Gasteiger partial charge in [0, 0.05) is 18.0 Å². The monoisotopic (exact) mass is 227 g/mol. The Balaban J connectivity index is 3.69.